The van der Waals surface area contributed by atoms with Crippen LogP contribution in [0.1, 0.15) is 33.0 Å². The van der Waals surface area contributed by atoms with Gasteiger partial charge in [0.2, 0.25) is 0 Å². The first-order valence-electron chi connectivity index (χ1n) is 8.29. The van der Waals surface area contributed by atoms with Crippen LogP contribution in [0.4, 0.5) is 4.39 Å². The van der Waals surface area contributed by atoms with Crippen molar-refractivity contribution in [3.05, 3.63) is 99.3 Å². The van der Waals surface area contributed by atoms with E-state index in [0.717, 1.165) is 5.56 Å². The molecule has 3 rings (SSSR count). The number of hydrogen-bond acceptors (Lipinski definition) is 2. The number of aromatic hydroxyl groups is 1. The Labute approximate surface area is 160 Å². The number of ketones is 1. The number of hydrogen-bond donors (Lipinski definition) is 1. The molecule has 3 aromatic carbocycles. The second kappa shape index (κ2) is 7.83. The Bertz CT molecular complexity index is 938. The van der Waals surface area contributed by atoms with E-state index in [4.69, 9.17) is 0 Å². The van der Waals surface area contributed by atoms with E-state index in [1.54, 1.807) is 37.3 Å². The number of carbonyl (C=O) groups is 1. The van der Waals surface area contributed by atoms with Crippen molar-refractivity contribution in [3.8, 4) is 5.75 Å². The lowest BCUT2D eigenvalue weighted by Crippen LogP contribution is -2.18. The van der Waals surface area contributed by atoms with Crippen LogP contribution in [0.2, 0.25) is 0 Å². The molecular formula is C22H18BrFO2. The summed E-state index contributed by atoms with van der Waals surface area (Å²) in [5.41, 5.74) is 2.15. The molecule has 0 aliphatic rings. The van der Waals surface area contributed by atoms with Gasteiger partial charge in [-0.2, -0.15) is 0 Å². The molecule has 0 amide bonds. The largest absolute Gasteiger partial charge is 0.506 e. The molecule has 0 fully saturated rings. The van der Waals surface area contributed by atoms with E-state index in [9.17, 15) is 14.3 Å². The lowest BCUT2D eigenvalue weighted by atomic mass is 9.84. The highest BCUT2D eigenvalue weighted by Crippen LogP contribution is 2.35. The molecule has 0 heterocycles. The third-order valence-corrected chi connectivity index (χ3v) is 5.10. The Kier molecular flexibility index (Phi) is 5.52. The number of carbonyl (C=O) groups excluding carboxylic acids is 1. The predicted octanol–water partition coefficient (Wildman–Crippen LogP) is 5.81. The third kappa shape index (κ3) is 3.70. The van der Waals surface area contributed by atoms with Crippen molar-refractivity contribution >= 4 is 21.7 Å². The van der Waals surface area contributed by atoms with Gasteiger partial charge in [-0.25, -0.2) is 4.39 Å². The molecule has 1 unspecified atom stereocenters. The van der Waals surface area contributed by atoms with E-state index in [-0.39, 0.29) is 17.1 Å². The highest BCUT2D eigenvalue weighted by atomic mass is 79.9. The van der Waals surface area contributed by atoms with Gasteiger partial charge < -0.3 is 5.11 Å². The maximum absolute atomic E-state index is 14.5. The lowest BCUT2D eigenvalue weighted by molar-refractivity contribution is 0.0953. The second-order valence-electron chi connectivity index (χ2n) is 6.22. The normalized spacial score (nSPS) is 12.0. The monoisotopic (exact) mass is 412 g/mol. The molecule has 0 saturated heterocycles. The number of benzene rings is 3. The molecule has 0 spiro atoms. The molecule has 1 atom stereocenters. The molecule has 0 aromatic heterocycles. The molecular weight excluding hydrogens is 395 g/mol. The van der Waals surface area contributed by atoms with Crippen molar-refractivity contribution in [2.45, 2.75) is 19.3 Å². The van der Waals surface area contributed by atoms with Crippen LogP contribution in [-0.2, 0) is 6.42 Å². The molecule has 2 nitrogen and oxygen atoms in total. The highest BCUT2D eigenvalue weighted by molar-refractivity contribution is 9.10. The maximum atomic E-state index is 14.5. The number of rotatable bonds is 5. The minimum absolute atomic E-state index is 0.107. The second-order valence-corrected chi connectivity index (χ2v) is 7.07. The van der Waals surface area contributed by atoms with Gasteiger partial charge in [0.25, 0.3) is 0 Å². The molecule has 1 N–H and O–H groups in total. The summed E-state index contributed by atoms with van der Waals surface area (Å²) in [6.07, 6.45) is 0.353. The van der Waals surface area contributed by atoms with Crippen LogP contribution < -0.4 is 0 Å². The average Bonchev–Trinajstić information content (AvgIpc) is 2.64. The Morgan fingerprint density at radius 3 is 2.38 bits per heavy atom. The van der Waals surface area contributed by atoms with E-state index in [1.807, 2.05) is 30.3 Å². The van der Waals surface area contributed by atoms with Gasteiger partial charge in [0.1, 0.15) is 11.6 Å². The Balaban J connectivity index is 2.11. The summed E-state index contributed by atoms with van der Waals surface area (Å²) >= 11 is 3.26. The Morgan fingerprint density at radius 2 is 1.69 bits per heavy atom. The highest BCUT2D eigenvalue weighted by Gasteiger charge is 2.28. The summed E-state index contributed by atoms with van der Waals surface area (Å²) in [6.45, 7) is 1.76. The summed E-state index contributed by atoms with van der Waals surface area (Å²) in [5.74, 6) is -1.55. The summed E-state index contributed by atoms with van der Waals surface area (Å²) in [5, 5.41) is 10.4. The van der Waals surface area contributed by atoms with Crippen molar-refractivity contribution in [1.82, 2.24) is 0 Å². The summed E-state index contributed by atoms with van der Waals surface area (Å²) < 4.78 is 14.9. The van der Waals surface area contributed by atoms with E-state index in [1.165, 1.54) is 6.07 Å². The molecule has 4 heteroatoms. The van der Waals surface area contributed by atoms with Gasteiger partial charge in [-0.05, 0) is 58.1 Å². The minimum Gasteiger partial charge on any atom is -0.506 e. The van der Waals surface area contributed by atoms with Crippen LogP contribution in [0, 0.1) is 12.7 Å². The van der Waals surface area contributed by atoms with Gasteiger partial charge in [-0.3, -0.25) is 4.79 Å². The fourth-order valence-corrected chi connectivity index (χ4v) is 3.43. The maximum Gasteiger partial charge on any atom is 0.174 e. The zero-order valence-electron chi connectivity index (χ0n) is 14.2. The standard InChI is InChI=1S/C22H18BrFO2/c1-14-11-12-18(23)22(26)20(14)21(25)17(13-15-7-3-2-4-8-15)16-9-5-6-10-19(16)24/h2-12,17,26H,13H2,1H3. The molecule has 0 saturated carbocycles. The van der Waals surface area contributed by atoms with Gasteiger partial charge in [0.15, 0.2) is 5.78 Å². The van der Waals surface area contributed by atoms with Crippen LogP contribution in [-0.4, -0.2) is 10.9 Å². The van der Waals surface area contributed by atoms with Gasteiger partial charge >= 0.3 is 0 Å². The SMILES string of the molecule is Cc1ccc(Br)c(O)c1C(=O)C(Cc1ccccc1)c1ccccc1F. The molecule has 0 aliphatic heterocycles. The quantitative estimate of drug-likeness (QED) is 0.536. The summed E-state index contributed by atoms with van der Waals surface area (Å²) in [7, 11) is 0. The van der Waals surface area contributed by atoms with Crippen molar-refractivity contribution in [2.75, 3.05) is 0 Å². The first-order valence-corrected chi connectivity index (χ1v) is 9.09. The lowest BCUT2D eigenvalue weighted by Gasteiger charge is -2.19. The van der Waals surface area contributed by atoms with Crippen molar-refractivity contribution in [2.24, 2.45) is 0 Å². The fourth-order valence-electron chi connectivity index (χ4n) is 3.10. The first-order chi connectivity index (χ1) is 12.5. The van der Waals surface area contributed by atoms with Gasteiger partial charge in [-0.15, -0.1) is 0 Å². The number of halogens is 2. The zero-order valence-corrected chi connectivity index (χ0v) is 15.8. The Hall–Kier alpha value is -2.46. The minimum atomic E-state index is -0.725. The van der Waals surface area contributed by atoms with Gasteiger partial charge in [0, 0.05) is 0 Å². The predicted molar refractivity (Wildman–Crippen MR) is 104 cm³/mol. The van der Waals surface area contributed by atoms with E-state index >= 15 is 0 Å². The van der Waals surface area contributed by atoms with Crippen LogP contribution in [0.15, 0.2) is 71.2 Å². The molecule has 0 radical (unpaired) electrons. The first kappa shape index (κ1) is 18.3. The van der Waals surface area contributed by atoms with Crippen LogP contribution in [0.25, 0.3) is 0 Å². The number of Topliss-reactive ketones (excluding diaryl/α,β-unsaturated/α-hetero) is 1. The molecule has 3 aromatic rings. The number of phenolic OH excluding ortho intramolecular Hbond substituents is 1. The van der Waals surface area contributed by atoms with Crippen molar-refractivity contribution in [3.63, 3.8) is 0 Å². The van der Waals surface area contributed by atoms with Gasteiger partial charge in [-0.1, -0.05) is 54.6 Å². The number of aryl methyl sites for hydroxylation is 1. The average molecular weight is 413 g/mol. The summed E-state index contributed by atoms with van der Waals surface area (Å²) in [6, 6.07) is 19.3. The van der Waals surface area contributed by atoms with Gasteiger partial charge in [0.05, 0.1) is 16.0 Å². The van der Waals surface area contributed by atoms with Crippen molar-refractivity contribution < 1.29 is 14.3 Å². The fraction of sp³-hybridized carbons (Fsp3) is 0.136. The zero-order chi connectivity index (χ0) is 18.7. The van der Waals surface area contributed by atoms with E-state index < -0.39 is 11.7 Å². The Morgan fingerprint density at radius 1 is 1.04 bits per heavy atom. The van der Waals surface area contributed by atoms with E-state index in [2.05, 4.69) is 15.9 Å². The van der Waals surface area contributed by atoms with Crippen LogP contribution in [0.3, 0.4) is 0 Å². The molecule has 132 valence electrons. The van der Waals surface area contributed by atoms with Crippen molar-refractivity contribution in [1.29, 1.82) is 0 Å². The molecule has 0 aliphatic carbocycles. The van der Waals surface area contributed by atoms with Crippen LogP contribution in [0.5, 0.6) is 5.75 Å². The summed E-state index contributed by atoms with van der Waals surface area (Å²) in [4.78, 5) is 13.3. The number of phenols is 1. The molecule has 0 bridgehead atoms. The van der Waals surface area contributed by atoms with E-state index in [0.29, 0.717) is 22.0 Å². The third-order valence-electron chi connectivity index (χ3n) is 4.46. The molecule has 26 heavy (non-hydrogen) atoms. The topological polar surface area (TPSA) is 37.3 Å². The van der Waals surface area contributed by atoms with Crippen LogP contribution >= 0.6 is 15.9 Å². The smallest absolute Gasteiger partial charge is 0.174 e.